The molecule has 1 rings (SSSR count). The van der Waals surface area contributed by atoms with Crippen LogP contribution in [0.5, 0.6) is 0 Å². The first-order valence-electron chi connectivity index (χ1n) is 5.60. The fourth-order valence-corrected chi connectivity index (χ4v) is 2.09. The number of carbonyl (C=O) groups is 2. The number of aliphatic hydroxyl groups excluding tert-OH is 1. The molecule has 0 aromatic carbocycles. The van der Waals surface area contributed by atoms with Gasteiger partial charge in [0.25, 0.3) is 0 Å². The first-order valence-corrected chi connectivity index (χ1v) is 6.48. The molecule has 1 amide bonds. The monoisotopic (exact) mass is 255 g/mol. The highest BCUT2D eigenvalue weighted by Gasteiger charge is 2.11. The number of rotatable bonds is 7. The lowest BCUT2D eigenvalue weighted by Gasteiger charge is -2.11. The molecule has 0 radical (unpaired) electrons. The van der Waals surface area contributed by atoms with Gasteiger partial charge in [-0.2, -0.15) is 0 Å². The zero-order valence-corrected chi connectivity index (χ0v) is 10.6. The molecule has 17 heavy (non-hydrogen) atoms. The van der Waals surface area contributed by atoms with Crippen LogP contribution in [0.1, 0.15) is 35.9 Å². The van der Waals surface area contributed by atoms with E-state index in [0.717, 1.165) is 0 Å². The van der Waals surface area contributed by atoms with Crippen molar-refractivity contribution in [3.05, 3.63) is 22.4 Å². The lowest BCUT2D eigenvalue weighted by Crippen LogP contribution is -2.33. The molecule has 0 aliphatic carbocycles. The zero-order valence-electron chi connectivity index (χ0n) is 9.81. The number of carbonyl (C=O) groups excluding carboxylic acids is 2. The minimum atomic E-state index is -0.143. The normalized spacial score (nSPS) is 12.1. The van der Waals surface area contributed by atoms with Crippen molar-refractivity contribution in [1.29, 1.82) is 0 Å². The van der Waals surface area contributed by atoms with Gasteiger partial charge in [0.2, 0.25) is 5.91 Å². The van der Waals surface area contributed by atoms with E-state index in [1.807, 2.05) is 18.4 Å². The van der Waals surface area contributed by atoms with Gasteiger partial charge in [0, 0.05) is 25.5 Å². The fraction of sp³-hybridized carbons (Fsp3) is 0.500. The van der Waals surface area contributed by atoms with Crippen LogP contribution in [-0.2, 0) is 4.79 Å². The summed E-state index contributed by atoms with van der Waals surface area (Å²) in [5, 5.41) is 13.3. The van der Waals surface area contributed by atoms with Crippen molar-refractivity contribution >= 4 is 23.0 Å². The largest absolute Gasteiger partial charge is 0.396 e. The van der Waals surface area contributed by atoms with Gasteiger partial charge in [-0.1, -0.05) is 6.07 Å². The third-order valence-corrected chi connectivity index (χ3v) is 3.26. The van der Waals surface area contributed by atoms with Gasteiger partial charge in [0.15, 0.2) is 5.78 Å². The van der Waals surface area contributed by atoms with Crippen LogP contribution >= 0.6 is 11.3 Å². The standard InChI is InChI=1S/C12H17NO3S/c1-9(6-7-14)13-12(16)5-4-10(15)11-3-2-8-17-11/h2-3,8-9,14H,4-7H2,1H3,(H,13,16). The minimum absolute atomic E-state index is 0.00459. The average Bonchev–Trinajstić information content (AvgIpc) is 2.79. The number of nitrogens with one attached hydrogen (secondary N) is 1. The smallest absolute Gasteiger partial charge is 0.220 e. The van der Waals surface area contributed by atoms with E-state index in [4.69, 9.17) is 5.11 Å². The molecule has 94 valence electrons. The summed E-state index contributed by atoms with van der Waals surface area (Å²) in [4.78, 5) is 23.8. The van der Waals surface area contributed by atoms with Crippen LogP contribution < -0.4 is 5.32 Å². The van der Waals surface area contributed by atoms with Crippen molar-refractivity contribution < 1.29 is 14.7 Å². The molecule has 1 aromatic rings. The van der Waals surface area contributed by atoms with Crippen molar-refractivity contribution in [2.45, 2.75) is 32.2 Å². The molecular formula is C12H17NO3S. The molecule has 4 nitrogen and oxygen atoms in total. The highest BCUT2D eigenvalue weighted by molar-refractivity contribution is 7.12. The molecule has 5 heteroatoms. The van der Waals surface area contributed by atoms with Gasteiger partial charge in [0.1, 0.15) is 0 Å². The molecule has 1 unspecified atom stereocenters. The number of thiophene rings is 1. The Labute approximate surface area is 105 Å². The lowest BCUT2D eigenvalue weighted by molar-refractivity contribution is -0.121. The van der Waals surface area contributed by atoms with Crippen molar-refractivity contribution in [2.75, 3.05) is 6.61 Å². The second kappa shape index (κ2) is 7.19. The maximum Gasteiger partial charge on any atom is 0.220 e. The number of ketones is 1. The molecule has 0 spiro atoms. The fourth-order valence-electron chi connectivity index (χ4n) is 1.40. The highest BCUT2D eigenvalue weighted by atomic mass is 32.1. The van der Waals surface area contributed by atoms with E-state index in [2.05, 4.69) is 5.32 Å². The Morgan fingerprint density at radius 3 is 2.82 bits per heavy atom. The Balaban J connectivity index is 2.26. The maximum absolute atomic E-state index is 11.6. The molecule has 0 aliphatic heterocycles. The molecule has 0 saturated carbocycles. The van der Waals surface area contributed by atoms with Gasteiger partial charge in [-0.3, -0.25) is 9.59 Å². The van der Waals surface area contributed by atoms with E-state index in [0.29, 0.717) is 11.3 Å². The van der Waals surface area contributed by atoms with Gasteiger partial charge >= 0.3 is 0 Å². The maximum atomic E-state index is 11.6. The van der Waals surface area contributed by atoms with Crippen LogP contribution in [0.25, 0.3) is 0 Å². The third-order valence-electron chi connectivity index (χ3n) is 2.34. The van der Waals surface area contributed by atoms with E-state index in [1.165, 1.54) is 11.3 Å². The molecular weight excluding hydrogens is 238 g/mol. The summed E-state index contributed by atoms with van der Waals surface area (Å²) < 4.78 is 0. The Bertz CT molecular complexity index is 362. The number of Topliss-reactive ketones (excluding diaryl/α,β-unsaturated/α-hetero) is 1. The van der Waals surface area contributed by atoms with E-state index >= 15 is 0 Å². The first-order chi connectivity index (χ1) is 8.13. The predicted octanol–water partition coefficient (Wildman–Crippen LogP) is 1.60. The van der Waals surface area contributed by atoms with Gasteiger partial charge in [0.05, 0.1) is 4.88 Å². The van der Waals surface area contributed by atoms with E-state index in [9.17, 15) is 9.59 Å². The predicted molar refractivity (Wildman–Crippen MR) is 67.2 cm³/mol. The summed E-state index contributed by atoms with van der Waals surface area (Å²) in [6.07, 6.45) is 0.968. The van der Waals surface area contributed by atoms with Crippen LogP contribution in [0.3, 0.4) is 0 Å². The Morgan fingerprint density at radius 2 is 2.24 bits per heavy atom. The van der Waals surface area contributed by atoms with E-state index in [1.54, 1.807) is 6.07 Å². The summed E-state index contributed by atoms with van der Waals surface area (Å²) in [6.45, 7) is 1.88. The highest BCUT2D eigenvalue weighted by Crippen LogP contribution is 2.12. The summed E-state index contributed by atoms with van der Waals surface area (Å²) in [5.41, 5.74) is 0. The van der Waals surface area contributed by atoms with Gasteiger partial charge in [-0.25, -0.2) is 0 Å². The average molecular weight is 255 g/mol. The van der Waals surface area contributed by atoms with Gasteiger partial charge in [-0.05, 0) is 24.8 Å². The second-order valence-corrected chi connectivity index (χ2v) is 4.83. The van der Waals surface area contributed by atoms with E-state index in [-0.39, 0.29) is 37.2 Å². The molecule has 0 fully saturated rings. The molecule has 0 saturated heterocycles. The summed E-state index contributed by atoms with van der Waals surface area (Å²) in [7, 11) is 0. The number of hydrogen-bond donors (Lipinski definition) is 2. The van der Waals surface area contributed by atoms with E-state index < -0.39 is 0 Å². The number of hydrogen-bond acceptors (Lipinski definition) is 4. The molecule has 0 bridgehead atoms. The van der Waals surface area contributed by atoms with Crippen LogP contribution in [0, 0.1) is 0 Å². The zero-order chi connectivity index (χ0) is 12.7. The SMILES string of the molecule is CC(CCO)NC(=O)CCC(=O)c1cccs1. The van der Waals surface area contributed by atoms with Crippen molar-refractivity contribution in [3.8, 4) is 0 Å². The number of aliphatic hydroxyl groups is 1. The minimum Gasteiger partial charge on any atom is -0.396 e. The Kier molecular flexibility index (Phi) is 5.86. The van der Waals surface area contributed by atoms with Crippen molar-refractivity contribution in [2.24, 2.45) is 0 Å². The topological polar surface area (TPSA) is 66.4 Å². The van der Waals surface area contributed by atoms with Gasteiger partial charge < -0.3 is 10.4 Å². The van der Waals surface area contributed by atoms with Crippen molar-refractivity contribution in [3.63, 3.8) is 0 Å². The van der Waals surface area contributed by atoms with Crippen LogP contribution in [0.15, 0.2) is 17.5 Å². The lowest BCUT2D eigenvalue weighted by atomic mass is 10.1. The molecule has 2 N–H and O–H groups in total. The quantitative estimate of drug-likeness (QED) is 0.727. The van der Waals surface area contributed by atoms with Crippen LogP contribution in [0.2, 0.25) is 0 Å². The summed E-state index contributed by atoms with van der Waals surface area (Å²) >= 11 is 1.39. The molecule has 1 aromatic heterocycles. The van der Waals surface area contributed by atoms with Gasteiger partial charge in [-0.15, -0.1) is 11.3 Å². The summed E-state index contributed by atoms with van der Waals surface area (Å²) in [6, 6.07) is 3.53. The van der Waals surface area contributed by atoms with Crippen LogP contribution in [0.4, 0.5) is 0 Å². The first kappa shape index (κ1) is 13.9. The molecule has 1 heterocycles. The Morgan fingerprint density at radius 1 is 1.47 bits per heavy atom. The summed E-state index contributed by atoms with van der Waals surface area (Å²) in [5.74, 6) is -0.138. The number of amides is 1. The molecule has 0 aliphatic rings. The Hall–Kier alpha value is -1.20. The molecule has 1 atom stereocenters. The second-order valence-electron chi connectivity index (χ2n) is 3.88. The van der Waals surface area contributed by atoms with Crippen molar-refractivity contribution in [1.82, 2.24) is 5.32 Å². The van der Waals surface area contributed by atoms with Crippen LogP contribution in [-0.4, -0.2) is 29.4 Å². The third kappa shape index (κ3) is 5.10.